The molecular formula is C14H23N3O. The molecule has 0 saturated heterocycles. The van der Waals surface area contributed by atoms with Gasteiger partial charge in [0.2, 0.25) is 0 Å². The lowest BCUT2D eigenvalue weighted by Crippen LogP contribution is -2.48. The van der Waals surface area contributed by atoms with Crippen LogP contribution in [0.25, 0.3) is 0 Å². The van der Waals surface area contributed by atoms with Gasteiger partial charge in [-0.3, -0.25) is 4.79 Å². The molecule has 0 aliphatic carbocycles. The molecular weight excluding hydrogens is 226 g/mol. The van der Waals surface area contributed by atoms with Gasteiger partial charge in [0.05, 0.1) is 0 Å². The molecule has 18 heavy (non-hydrogen) atoms. The third kappa shape index (κ3) is 3.47. The van der Waals surface area contributed by atoms with Crippen LogP contribution < -0.4 is 11.1 Å². The van der Waals surface area contributed by atoms with Crippen LogP contribution in [-0.4, -0.2) is 37.0 Å². The molecule has 0 unspecified atom stereocenters. The lowest BCUT2D eigenvalue weighted by Gasteiger charge is -2.32. The summed E-state index contributed by atoms with van der Waals surface area (Å²) in [4.78, 5) is 14.1. The molecule has 0 atom stereocenters. The van der Waals surface area contributed by atoms with Gasteiger partial charge in [-0.1, -0.05) is 6.07 Å². The number of benzene rings is 1. The van der Waals surface area contributed by atoms with Gasteiger partial charge in [0.15, 0.2) is 0 Å². The number of nitrogens with two attached hydrogens (primary N) is 1. The Morgan fingerprint density at radius 1 is 1.39 bits per heavy atom. The van der Waals surface area contributed by atoms with Gasteiger partial charge in [-0.15, -0.1) is 0 Å². The van der Waals surface area contributed by atoms with Crippen LogP contribution in [0.3, 0.4) is 0 Å². The average molecular weight is 249 g/mol. The minimum absolute atomic E-state index is 0.0775. The molecule has 1 rings (SSSR count). The fourth-order valence-corrected chi connectivity index (χ4v) is 1.34. The van der Waals surface area contributed by atoms with E-state index in [4.69, 9.17) is 5.73 Å². The smallest absolute Gasteiger partial charge is 0.251 e. The van der Waals surface area contributed by atoms with Crippen molar-refractivity contribution in [1.29, 1.82) is 0 Å². The summed E-state index contributed by atoms with van der Waals surface area (Å²) in [6.45, 7) is 6.67. The number of carbonyl (C=O) groups is 1. The Kier molecular flexibility index (Phi) is 4.35. The Hall–Kier alpha value is -1.55. The molecule has 0 aliphatic heterocycles. The Bertz CT molecular complexity index is 439. The van der Waals surface area contributed by atoms with E-state index in [1.54, 1.807) is 12.1 Å². The van der Waals surface area contributed by atoms with Crippen molar-refractivity contribution in [1.82, 2.24) is 10.2 Å². The van der Waals surface area contributed by atoms with Gasteiger partial charge in [-0.2, -0.15) is 0 Å². The monoisotopic (exact) mass is 249 g/mol. The van der Waals surface area contributed by atoms with Crippen LogP contribution >= 0.6 is 0 Å². The highest BCUT2D eigenvalue weighted by atomic mass is 16.1. The second-order valence-corrected chi connectivity index (χ2v) is 5.46. The highest BCUT2D eigenvalue weighted by molar-refractivity contribution is 5.95. The molecule has 1 aromatic carbocycles. The molecule has 0 heterocycles. The summed E-state index contributed by atoms with van der Waals surface area (Å²) in [6, 6.07) is 5.37. The number of rotatable bonds is 4. The number of anilines is 1. The van der Waals surface area contributed by atoms with Crippen molar-refractivity contribution in [3.63, 3.8) is 0 Å². The molecule has 0 fully saturated rings. The van der Waals surface area contributed by atoms with Crippen molar-refractivity contribution in [3.05, 3.63) is 29.3 Å². The van der Waals surface area contributed by atoms with Crippen molar-refractivity contribution < 1.29 is 4.79 Å². The average Bonchev–Trinajstić information content (AvgIpc) is 2.29. The Morgan fingerprint density at radius 2 is 2.00 bits per heavy atom. The number of amides is 1. The second-order valence-electron chi connectivity index (χ2n) is 5.46. The van der Waals surface area contributed by atoms with E-state index in [2.05, 4.69) is 24.1 Å². The molecule has 0 bridgehead atoms. The van der Waals surface area contributed by atoms with E-state index >= 15 is 0 Å². The summed E-state index contributed by atoms with van der Waals surface area (Å²) in [5.74, 6) is -0.0865. The lowest BCUT2D eigenvalue weighted by molar-refractivity contribution is 0.0920. The van der Waals surface area contributed by atoms with Crippen LogP contribution in [0.5, 0.6) is 0 Å². The second kappa shape index (κ2) is 5.40. The summed E-state index contributed by atoms with van der Waals surface area (Å²) in [5.41, 5.74) is 7.96. The predicted molar refractivity (Wildman–Crippen MR) is 75.7 cm³/mol. The van der Waals surface area contributed by atoms with Crippen LogP contribution in [-0.2, 0) is 0 Å². The normalized spacial score (nSPS) is 11.7. The summed E-state index contributed by atoms with van der Waals surface area (Å²) in [6.07, 6.45) is 0. The van der Waals surface area contributed by atoms with Crippen molar-refractivity contribution >= 4 is 11.6 Å². The summed E-state index contributed by atoms with van der Waals surface area (Å²) < 4.78 is 0. The van der Waals surface area contributed by atoms with Gasteiger partial charge in [0.25, 0.3) is 5.91 Å². The van der Waals surface area contributed by atoms with Crippen LogP contribution in [0.2, 0.25) is 0 Å². The van der Waals surface area contributed by atoms with E-state index in [-0.39, 0.29) is 11.4 Å². The van der Waals surface area contributed by atoms with Crippen LogP contribution in [0.1, 0.15) is 29.8 Å². The number of carbonyl (C=O) groups excluding carboxylic acids is 1. The molecule has 1 amide bonds. The van der Waals surface area contributed by atoms with E-state index in [0.29, 0.717) is 17.8 Å². The highest BCUT2D eigenvalue weighted by Crippen LogP contribution is 2.13. The van der Waals surface area contributed by atoms with Crippen LogP contribution in [0, 0.1) is 6.92 Å². The number of nitrogen functional groups attached to an aromatic ring is 1. The molecule has 0 aromatic heterocycles. The Morgan fingerprint density at radius 3 is 2.50 bits per heavy atom. The lowest BCUT2D eigenvalue weighted by atomic mass is 10.0. The van der Waals surface area contributed by atoms with Crippen LogP contribution in [0.15, 0.2) is 18.2 Å². The first-order chi connectivity index (χ1) is 8.24. The predicted octanol–water partition coefficient (Wildman–Crippen LogP) is 1.65. The minimum Gasteiger partial charge on any atom is -0.398 e. The zero-order valence-corrected chi connectivity index (χ0v) is 11.9. The van der Waals surface area contributed by atoms with Crippen molar-refractivity contribution in [3.8, 4) is 0 Å². The van der Waals surface area contributed by atoms with Gasteiger partial charge < -0.3 is 16.0 Å². The number of hydrogen-bond acceptors (Lipinski definition) is 3. The van der Waals surface area contributed by atoms with Gasteiger partial charge in [-0.25, -0.2) is 0 Å². The van der Waals surface area contributed by atoms with E-state index < -0.39 is 0 Å². The Labute approximate surface area is 109 Å². The summed E-state index contributed by atoms with van der Waals surface area (Å²) in [7, 11) is 3.99. The zero-order valence-electron chi connectivity index (χ0n) is 11.9. The molecule has 0 radical (unpaired) electrons. The fraction of sp³-hybridized carbons (Fsp3) is 0.500. The van der Waals surface area contributed by atoms with Crippen molar-refractivity contribution in [2.24, 2.45) is 0 Å². The molecule has 3 N–H and O–H groups in total. The third-order valence-electron chi connectivity index (χ3n) is 3.43. The first-order valence-corrected chi connectivity index (χ1v) is 6.06. The number of nitrogens with zero attached hydrogens (tertiary/aromatic N) is 1. The van der Waals surface area contributed by atoms with Crippen molar-refractivity contribution in [2.45, 2.75) is 26.3 Å². The molecule has 100 valence electrons. The largest absolute Gasteiger partial charge is 0.398 e. The SMILES string of the molecule is Cc1ccc(C(=O)NCC(C)(C)N(C)C)cc1N. The van der Waals surface area contributed by atoms with E-state index in [1.165, 1.54) is 0 Å². The van der Waals surface area contributed by atoms with E-state index in [1.807, 2.05) is 27.1 Å². The molecule has 4 heteroatoms. The van der Waals surface area contributed by atoms with Crippen LogP contribution in [0.4, 0.5) is 5.69 Å². The molecule has 0 aliphatic rings. The zero-order chi connectivity index (χ0) is 13.9. The quantitative estimate of drug-likeness (QED) is 0.798. The minimum atomic E-state index is -0.0865. The maximum atomic E-state index is 12.0. The van der Waals surface area contributed by atoms with E-state index in [9.17, 15) is 4.79 Å². The maximum absolute atomic E-state index is 12.0. The van der Waals surface area contributed by atoms with Gasteiger partial charge in [0.1, 0.15) is 0 Å². The first kappa shape index (κ1) is 14.5. The highest BCUT2D eigenvalue weighted by Gasteiger charge is 2.21. The molecule has 1 aromatic rings. The van der Waals surface area contributed by atoms with Gasteiger partial charge in [0, 0.05) is 23.3 Å². The standard InChI is InChI=1S/C14H23N3O/c1-10-6-7-11(8-12(10)15)13(18)16-9-14(2,3)17(4)5/h6-8H,9,15H2,1-5H3,(H,16,18). The number of nitrogens with one attached hydrogen (secondary N) is 1. The topological polar surface area (TPSA) is 58.4 Å². The fourth-order valence-electron chi connectivity index (χ4n) is 1.34. The maximum Gasteiger partial charge on any atom is 0.251 e. The summed E-state index contributed by atoms with van der Waals surface area (Å²) >= 11 is 0. The number of hydrogen-bond donors (Lipinski definition) is 2. The third-order valence-corrected chi connectivity index (χ3v) is 3.43. The van der Waals surface area contributed by atoms with Crippen molar-refractivity contribution in [2.75, 3.05) is 26.4 Å². The molecule has 0 spiro atoms. The number of likely N-dealkylation sites (N-methyl/N-ethyl adjacent to an activating group) is 1. The Balaban J connectivity index is 2.69. The van der Waals surface area contributed by atoms with Gasteiger partial charge in [-0.05, 0) is 52.6 Å². The first-order valence-electron chi connectivity index (χ1n) is 6.06. The summed E-state index contributed by atoms with van der Waals surface area (Å²) in [5, 5.41) is 2.93. The van der Waals surface area contributed by atoms with E-state index in [0.717, 1.165) is 5.56 Å². The number of aryl methyl sites for hydroxylation is 1. The molecule has 0 saturated carbocycles. The van der Waals surface area contributed by atoms with Gasteiger partial charge >= 0.3 is 0 Å². The molecule has 4 nitrogen and oxygen atoms in total.